The van der Waals surface area contributed by atoms with Gasteiger partial charge in [0.1, 0.15) is 5.75 Å². The smallest absolute Gasteiger partial charge is 0.119 e. The molecular formula is C13H18BrNO. The second-order valence-electron chi connectivity index (χ2n) is 3.49. The van der Waals surface area contributed by atoms with Gasteiger partial charge in [0.15, 0.2) is 0 Å². The molecule has 1 rings (SSSR count). The number of hydrogen-bond acceptors (Lipinski definition) is 2. The lowest BCUT2D eigenvalue weighted by molar-refractivity contribution is 0.414. The van der Waals surface area contributed by atoms with Crippen LogP contribution in [0.1, 0.15) is 18.9 Å². The largest absolute Gasteiger partial charge is 0.497 e. The van der Waals surface area contributed by atoms with Crippen LogP contribution >= 0.6 is 15.9 Å². The zero-order valence-corrected chi connectivity index (χ0v) is 11.4. The van der Waals surface area contributed by atoms with E-state index in [4.69, 9.17) is 4.74 Å². The molecule has 1 aromatic rings. The van der Waals surface area contributed by atoms with Crippen molar-refractivity contribution in [3.05, 3.63) is 34.3 Å². The number of hydrogen-bond donors (Lipinski definition) is 1. The Morgan fingerprint density at radius 1 is 1.44 bits per heavy atom. The zero-order valence-electron chi connectivity index (χ0n) is 9.79. The first-order valence-corrected chi connectivity index (χ1v) is 6.28. The molecule has 1 N–H and O–H groups in total. The van der Waals surface area contributed by atoms with Crippen LogP contribution in [-0.2, 0) is 0 Å². The van der Waals surface area contributed by atoms with Crippen LogP contribution < -0.4 is 10.1 Å². The molecule has 2 nitrogen and oxygen atoms in total. The van der Waals surface area contributed by atoms with E-state index in [-0.39, 0.29) is 0 Å². The third-order valence-electron chi connectivity index (χ3n) is 2.19. The molecular weight excluding hydrogens is 266 g/mol. The summed E-state index contributed by atoms with van der Waals surface area (Å²) in [7, 11) is 1.68. The first-order valence-electron chi connectivity index (χ1n) is 5.48. The fourth-order valence-corrected chi connectivity index (χ4v) is 1.70. The molecule has 0 atom stereocenters. The summed E-state index contributed by atoms with van der Waals surface area (Å²) in [4.78, 5) is 0. The number of rotatable bonds is 6. The van der Waals surface area contributed by atoms with Crippen LogP contribution in [0.5, 0.6) is 5.75 Å². The minimum absolute atomic E-state index is 0.879. The van der Waals surface area contributed by atoms with Crippen molar-refractivity contribution in [3.63, 3.8) is 0 Å². The molecule has 0 unspecified atom stereocenters. The highest BCUT2D eigenvalue weighted by atomic mass is 79.9. The fraction of sp³-hybridized carbons (Fsp3) is 0.385. The highest BCUT2D eigenvalue weighted by Gasteiger charge is 1.97. The van der Waals surface area contributed by atoms with Crippen LogP contribution in [0.3, 0.4) is 0 Å². The van der Waals surface area contributed by atoms with Gasteiger partial charge >= 0.3 is 0 Å². The van der Waals surface area contributed by atoms with Gasteiger partial charge in [-0.2, -0.15) is 0 Å². The van der Waals surface area contributed by atoms with Crippen molar-refractivity contribution in [2.75, 3.05) is 20.2 Å². The van der Waals surface area contributed by atoms with Crippen molar-refractivity contribution in [1.29, 1.82) is 0 Å². The second kappa shape index (κ2) is 7.47. The van der Waals surface area contributed by atoms with Gasteiger partial charge in [-0.3, -0.25) is 0 Å². The van der Waals surface area contributed by atoms with Gasteiger partial charge in [0, 0.05) is 11.0 Å². The van der Waals surface area contributed by atoms with E-state index in [0.29, 0.717) is 0 Å². The lowest BCUT2D eigenvalue weighted by Crippen LogP contribution is -2.13. The Balaban J connectivity index is 2.57. The van der Waals surface area contributed by atoms with Crippen molar-refractivity contribution in [2.24, 2.45) is 0 Å². The summed E-state index contributed by atoms with van der Waals surface area (Å²) in [5, 5.41) is 3.32. The Kier molecular flexibility index (Phi) is 6.19. The van der Waals surface area contributed by atoms with Crippen molar-refractivity contribution in [2.45, 2.75) is 13.3 Å². The van der Waals surface area contributed by atoms with E-state index in [1.54, 1.807) is 7.11 Å². The summed E-state index contributed by atoms with van der Waals surface area (Å²) in [6.07, 6.45) is 5.38. The van der Waals surface area contributed by atoms with Crippen LogP contribution in [0.2, 0.25) is 0 Å². The van der Waals surface area contributed by atoms with Gasteiger partial charge < -0.3 is 10.1 Å². The van der Waals surface area contributed by atoms with Crippen LogP contribution in [0.4, 0.5) is 0 Å². The number of halogens is 1. The summed E-state index contributed by atoms with van der Waals surface area (Å²) < 4.78 is 6.27. The van der Waals surface area contributed by atoms with Gasteiger partial charge in [0.05, 0.1) is 7.11 Å². The summed E-state index contributed by atoms with van der Waals surface area (Å²) in [5.74, 6) is 0.879. The Labute approximate surface area is 106 Å². The number of benzene rings is 1. The summed E-state index contributed by atoms with van der Waals surface area (Å²) >= 11 is 3.52. The lowest BCUT2D eigenvalue weighted by atomic mass is 10.2. The van der Waals surface area contributed by atoms with E-state index in [1.165, 1.54) is 0 Å². The van der Waals surface area contributed by atoms with Gasteiger partial charge in [-0.15, -0.1) is 0 Å². The van der Waals surface area contributed by atoms with Gasteiger partial charge in [-0.25, -0.2) is 0 Å². The minimum atomic E-state index is 0.879. The molecule has 3 heteroatoms. The maximum Gasteiger partial charge on any atom is 0.119 e. The molecule has 1 aromatic carbocycles. The molecule has 88 valence electrons. The highest BCUT2D eigenvalue weighted by molar-refractivity contribution is 9.10. The molecule has 0 spiro atoms. The zero-order chi connectivity index (χ0) is 11.8. The quantitative estimate of drug-likeness (QED) is 0.808. The van der Waals surface area contributed by atoms with Crippen LogP contribution in [0.25, 0.3) is 6.08 Å². The maximum atomic E-state index is 5.18. The van der Waals surface area contributed by atoms with Gasteiger partial charge in [-0.05, 0) is 36.7 Å². The van der Waals surface area contributed by atoms with Gasteiger partial charge in [-0.1, -0.05) is 35.0 Å². The van der Waals surface area contributed by atoms with Crippen molar-refractivity contribution in [1.82, 2.24) is 5.32 Å². The number of ether oxygens (including phenoxy) is 1. The first-order chi connectivity index (χ1) is 7.77. The van der Waals surface area contributed by atoms with Gasteiger partial charge in [0.25, 0.3) is 0 Å². The van der Waals surface area contributed by atoms with Crippen LogP contribution in [0, 0.1) is 0 Å². The van der Waals surface area contributed by atoms with Gasteiger partial charge in [0.2, 0.25) is 0 Å². The third kappa shape index (κ3) is 4.37. The SMILES string of the molecule is CCCNC/C=C/c1cc(OC)ccc1Br. The van der Waals surface area contributed by atoms with E-state index < -0.39 is 0 Å². The third-order valence-corrected chi connectivity index (χ3v) is 2.91. The summed E-state index contributed by atoms with van der Waals surface area (Å²) in [6, 6.07) is 5.95. The fourth-order valence-electron chi connectivity index (χ4n) is 1.32. The van der Waals surface area contributed by atoms with E-state index >= 15 is 0 Å². The molecule has 0 heterocycles. The lowest BCUT2D eigenvalue weighted by Gasteiger charge is -2.03. The van der Waals surface area contributed by atoms with E-state index in [1.807, 2.05) is 18.2 Å². The van der Waals surface area contributed by atoms with E-state index in [9.17, 15) is 0 Å². The number of nitrogens with one attached hydrogen (secondary N) is 1. The Morgan fingerprint density at radius 3 is 2.94 bits per heavy atom. The average Bonchev–Trinajstić information content (AvgIpc) is 2.31. The molecule has 16 heavy (non-hydrogen) atoms. The molecule has 0 aromatic heterocycles. The van der Waals surface area contributed by atoms with Crippen molar-refractivity contribution >= 4 is 22.0 Å². The van der Waals surface area contributed by atoms with Crippen molar-refractivity contribution < 1.29 is 4.74 Å². The average molecular weight is 284 g/mol. The molecule has 0 saturated heterocycles. The molecule has 0 bridgehead atoms. The number of methoxy groups -OCH3 is 1. The molecule has 0 radical (unpaired) electrons. The Hall–Kier alpha value is -0.800. The van der Waals surface area contributed by atoms with E-state index in [0.717, 1.165) is 35.3 Å². The Morgan fingerprint density at radius 2 is 2.25 bits per heavy atom. The maximum absolute atomic E-state index is 5.18. The first kappa shape index (κ1) is 13.3. The second-order valence-corrected chi connectivity index (χ2v) is 4.35. The minimum Gasteiger partial charge on any atom is -0.497 e. The van der Waals surface area contributed by atoms with Crippen LogP contribution in [0.15, 0.2) is 28.7 Å². The predicted octanol–water partition coefficient (Wildman–Crippen LogP) is 3.47. The highest BCUT2D eigenvalue weighted by Crippen LogP contribution is 2.23. The van der Waals surface area contributed by atoms with Crippen LogP contribution in [-0.4, -0.2) is 20.2 Å². The Bertz CT molecular complexity index is 350. The molecule has 0 amide bonds. The molecule has 0 saturated carbocycles. The summed E-state index contributed by atoms with van der Waals surface area (Å²) in [6.45, 7) is 4.12. The van der Waals surface area contributed by atoms with Crippen molar-refractivity contribution in [3.8, 4) is 5.75 Å². The van der Waals surface area contributed by atoms with E-state index in [2.05, 4.69) is 40.3 Å². The molecule has 0 aliphatic carbocycles. The standard InChI is InChI=1S/C13H18BrNO/c1-3-8-15-9-4-5-11-10-12(16-2)6-7-13(11)14/h4-7,10,15H,3,8-9H2,1-2H3/b5-4+. The molecule has 0 aliphatic rings. The molecule has 0 fully saturated rings. The predicted molar refractivity (Wildman–Crippen MR) is 72.9 cm³/mol. The molecule has 0 aliphatic heterocycles. The topological polar surface area (TPSA) is 21.3 Å². The summed E-state index contributed by atoms with van der Waals surface area (Å²) in [5.41, 5.74) is 1.14. The monoisotopic (exact) mass is 283 g/mol. The normalized spacial score (nSPS) is 10.9.